The third kappa shape index (κ3) is 2.17. The molecule has 1 aromatic carbocycles. The SMILES string of the molecule is Cn1ccc(CCn2c(N)nc3cccc(Cl)c32)n1. The van der Waals surface area contributed by atoms with Crippen LogP contribution in [0.1, 0.15) is 5.69 Å². The molecule has 3 aromatic rings. The van der Waals surface area contributed by atoms with Crippen LogP contribution in [0.3, 0.4) is 0 Å². The predicted octanol–water partition coefficient (Wildman–Crippen LogP) is 2.25. The first-order valence-electron chi connectivity index (χ1n) is 6.04. The molecule has 0 atom stereocenters. The molecule has 98 valence electrons. The van der Waals surface area contributed by atoms with Gasteiger partial charge in [-0.25, -0.2) is 4.98 Å². The Morgan fingerprint density at radius 1 is 1.32 bits per heavy atom. The average Bonchev–Trinajstić information content (AvgIpc) is 2.91. The van der Waals surface area contributed by atoms with Gasteiger partial charge in [0.1, 0.15) is 0 Å². The molecule has 6 heteroatoms. The van der Waals surface area contributed by atoms with Crippen molar-refractivity contribution in [3.63, 3.8) is 0 Å². The number of anilines is 1. The molecule has 0 unspecified atom stereocenters. The van der Waals surface area contributed by atoms with Gasteiger partial charge in [0.15, 0.2) is 0 Å². The van der Waals surface area contributed by atoms with Crippen LogP contribution in [-0.2, 0) is 20.0 Å². The van der Waals surface area contributed by atoms with Crippen LogP contribution in [0.25, 0.3) is 11.0 Å². The number of halogens is 1. The van der Waals surface area contributed by atoms with Crippen molar-refractivity contribution in [2.75, 3.05) is 5.73 Å². The summed E-state index contributed by atoms with van der Waals surface area (Å²) in [4.78, 5) is 4.32. The summed E-state index contributed by atoms with van der Waals surface area (Å²) in [5, 5.41) is 5.02. The van der Waals surface area contributed by atoms with Crippen LogP contribution < -0.4 is 5.73 Å². The number of aryl methyl sites for hydroxylation is 3. The molecule has 2 N–H and O–H groups in total. The van der Waals surface area contributed by atoms with Crippen LogP contribution >= 0.6 is 11.6 Å². The van der Waals surface area contributed by atoms with E-state index < -0.39 is 0 Å². The van der Waals surface area contributed by atoms with E-state index in [1.807, 2.05) is 42.1 Å². The molecule has 0 bridgehead atoms. The summed E-state index contributed by atoms with van der Waals surface area (Å²) >= 11 is 6.23. The summed E-state index contributed by atoms with van der Waals surface area (Å²) in [6.45, 7) is 0.711. The third-order valence-electron chi connectivity index (χ3n) is 3.11. The highest BCUT2D eigenvalue weighted by Crippen LogP contribution is 2.25. The Kier molecular flexibility index (Phi) is 2.91. The fourth-order valence-electron chi connectivity index (χ4n) is 2.21. The van der Waals surface area contributed by atoms with Crippen molar-refractivity contribution in [2.24, 2.45) is 7.05 Å². The Balaban J connectivity index is 1.94. The normalized spacial score (nSPS) is 11.3. The number of benzene rings is 1. The maximum atomic E-state index is 6.23. The largest absolute Gasteiger partial charge is 0.369 e. The van der Waals surface area contributed by atoms with Gasteiger partial charge >= 0.3 is 0 Å². The van der Waals surface area contributed by atoms with Crippen molar-refractivity contribution in [3.8, 4) is 0 Å². The van der Waals surface area contributed by atoms with Gasteiger partial charge in [-0.2, -0.15) is 5.10 Å². The van der Waals surface area contributed by atoms with Gasteiger partial charge in [-0.3, -0.25) is 4.68 Å². The maximum absolute atomic E-state index is 6.23. The topological polar surface area (TPSA) is 61.7 Å². The summed E-state index contributed by atoms with van der Waals surface area (Å²) in [6, 6.07) is 7.63. The lowest BCUT2D eigenvalue weighted by molar-refractivity contribution is 0.683. The molecule has 0 saturated heterocycles. The van der Waals surface area contributed by atoms with Gasteiger partial charge < -0.3 is 10.3 Å². The van der Waals surface area contributed by atoms with Crippen LogP contribution in [0.2, 0.25) is 5.02 Å². The van der Waals surface area contributed by atoms with Crippen LogP contribution in [0.5, 0.6) is 0 Å². The molecule has 0 amide bonds. The van der Waals surface area contributed by atoms with E-state index in [1.54, 1.807) is 4.68 Å². The van der Waals surface area contributed by atoms with E-state index in [4.69, 9.17) is 17.3 Å². The Morgan fingerprint density at radius 3 is 2.89 bits per heavy atom. The molecule has 19 heavy (non-hydrogen) atoms. The molecule has 0 radical (unpaired) electrons. The fraction of sp³-hybridized carbons (Fsp3) is 0.231. The molecule has 0 spiro atoms. The van der Waals surface area contributed by atoms with Crippen LogP contribution in [0.15, 0.2) is 30.5 Å². The summed E-state index contributed by atoms with van der Waals surface area (Å²) in [5.74, 6) is 0.485. The van der Waals surface area contributed by atoms with Gasteiger partial charge in [-0.05, 0) is 18.2 Å². The molecule has 0 aliphatic rings. The van der Waals surface area contributed by atoms with Crippen molar-refractivity contribution in [3.05, 3.63) is 41.2 Å². The zero-order valence-corrected chi connectivity index (χ0v) is 11.3. The predicted molar refractivity (Wildman–Crippen MR) is 76.1 cm³/mol. The number of nitrogen functional groups attached to an aromatic ring is 1. The summed E-state index contributed by atoms with van der Waals surface area (Å²) in [5.41, 5.74) is 8.69. The molecular weight excluding hydrogens is 262 g/mol. The quantitative estimate of drug-likeness (QED) is 0.797. The van der Waals surface area contributed by atoms with Crippen molar-refractivity contribution in [2.45, 2.75) is 13.0 Å². The summed E-state index contributed by atoms with van der Waals surface area (Å²) in [6.07, 6.45) is 2.72. The Morgan fingerprint density at radius 2 is 2.16 bits per heavy atom. The molecule has 3 rings (SSSR count). The van der Waals surface area contributed by atoms with Crippen molar-refractivity contribution in [1.29, 1.82) is 0 Å². The second kappa shape index (κ2) is 4.59. The van der Waals surface area contributed by atoms with Crippen molar-refractivity contribution < 1.29 is 0 Å². The zero-order chi connectivity index (χ0) is 13.4. The highest BCUT2D eigenvalue weighted by Gasteiger charge is 2.11. The first-order chi connectivity index (χ1) is 9.15. The number of rotatable bonds is 3. The molecular formula is C13H14ClN5. The molecule has 2 aromatic heterocycles. The monoisotopic (exact) mass is 275 g/mol. The number of hydrogen-bond donors (Lipinski definition) is 1. The van der Waals surface area contributed by atoms with Gasteiger partial charge in [-0.15, -0.1) is 0 Å². The Hall–Kier alpha value is -2.01. The smallest absolute Gasteiger partial charge is 0.201 e. The van der Waals surface area contributed by atoms with E-state index in [9.17, 15) is 0 Å². The van der Waals surface area contributed by atoms with Crippen LogP contribution in [-0.4, -0.2) is 19.3 Å². The van der Waals surface area contributed by atoms with Gasteiger partial charge in [0.25, 0.3) is 0 Å². The van der Waals surface area contributed by atoms with Crippen molar-refractivity contribution in [1.82, 2.24) is 19.3 Å². The number of nitrogens with two attached hydrogens (primary N) is 1. The Labute approximate surface area is 115 Å². The highest BCUT2D eigenvalue weighted by atomic mass is 35.5. The summed E-state index contributed by atoms with van der Waals surface area (Å²) in [7, 11) is 1.90. The Bertz CT molecular complexity index is 728. The van der Waals surface area contributed by atoms with Gasteiger partial charge in [0.2, 0.25) is 5.95 Å². The number of aromatic nitrogens is 4. The third-order valence-corrected chi connectivity index (χ3v) is 3.41. The van der Waals surface area contributed by atoms with Gasteiger partial charge in [0.05, 0.1) is 21.7 Å². The minimum atomic E-state index is 0.485. The molecule has 0 fully saturated rings. The minimum Gasteiger partial charge on any atom is -0.369 e. The number of nitrogens with zero attached hydrogens (tertiary/aromatic N) is 4. The van der Waals surface area contributed by atoms with E-state index in [2.05, 4.69) is 10.1 Å². The van der Waals surface area contributed by atoms with E-state index in [-0.39, 0.29) is 0 Å². The lowest BCUT2D eigenvalue weighted by atomic mass is 10.3. The molecule has 0 saturated carbocycles. The van der Waals surface area contributed by atoms with E-state index in [0.29, 0.717) is 17.5 Å². The molecule has 5 nitrogen and oxygen atoms in total. The molecule has 0 aliphatic carbocycles. The summed E-state index contributed by atoms with van der Waals surface area (Å²) < 4.78 is 3.73. The fourth-order valence-corrected chi connectivity index (χ4v) is 2.48. The maximum Gasteiger partial charge on any atom is 0.201 e. The molecule has 2 heterocycles. The lowest BCUT2D eigenvalue weighted by Gasteiger charge is -2.06. The number of imidazole rings is 1. The first kappa shape index (κ1) is 12.0. The van der Waals surface area contributed by atoms with Gasteiger partial charge in [0, 0.05) is 26.2 Å². The number of hydrogen-bond acceptors (Lipinski definition) is 3. The van der Waals surface area contributed by atoms with Gasteiger partial charge in [-0.1, -0.05) is 17.7 Å². The van der Waals surface area contributed by atoms with Crippen LogP contribution in [0, 0.1) is 0 Å². The highest BCUT2D eigenvalue weighted by molar-refractivity contribution is 6.35. The standard InChI is InChI=1S/C13H14ClN5/c1-18-7-5-9(17-18)6-8-19-12-10(14)3-2-4-11(12)16-13(19)15/h2-5,7H,6,8H2,1H3,(H2,15,16). The average molecular weight is 276 g/mol. The van der Waals surface area contributed by atoms with E-state index >= 15 is 0 Å². The van der Waals surface area contributed by atoms with E-state index in [1.165, 1.54) is 0 Å². The molecule has 0 aliphatic heterocycles. The zero-order valence-electron chi connectivity index (χ0n) is 10.5. The second-order valence-corrected chi connectivity index (χ2v) is 4.87. The van der Waals surface area contributed by atoms with Crippen LogP contribution in [0.4, 0.5) is 5.95 Å². The first-order valence-corrected chi connectivity index (χ1v) is 6.41. The number of fused-ring (bicyclic) bond motifs is 1. The second-order valence-electron chi connectivity index (χ2n) is 4.46. The minimum absolute atomic E-state index is 0.485. The van der Waals surface area contributed by atoms with E-state index in [0.717, 1.165) is 23.1 Å². The van der Waals surface area contributed by atoms with Crippen molar-refractivity contribution >= 4 is 28.6 Å². The number of para-hydroxylation sites is 1. The lowest BCUT2D eigenvalue weighted by Crippen LogP contribution is -2.06.